The number of hydrogen-bond donors (Lipinski definition) is 1. The highest BCUT2D eigenvalue weighted by molar-refractivity contribution is 5.83. The fraction of sp³-hybridized carbons (Fsp3) is 0.400. The molecule has 1 aliphatic heterocycles. The Hall–Kier alpha value is -0.790. The summed E-state index contributed by atoms with van der Waals surface area (Å²) < 4.78 is 0. The van der Waals surface area contributed by atoms with E-state index in [1.54, 1.807) is 6.20 Å². The summed E-state index contributed by atoms with van der Waals surface area (Å²) in [6.45, 7) is 1.86. The molecule has 0 aliphatic carbocycles. The van der Waals surface area contributed by atoms with Crippen molar-refractivity contribution in [3.8, 4) is 0 Å². The van der Waals surface area contributed by atoms with E-state index in [-0.39, 0.29) is 11.8 Å². The van der Waals surface area contributed by atoms with E-state index < -0.39 is 0 Å². The first-order valence-corrected chi connectivity index (χ1v) is 2.28. The first-order valence-electron chi connectivity index (χ1n) is 2.28. The SMILES string of the molecule is C[C@@H]1C=CNC1=O. The van der Waals surface area contributed by atoms with Crippen LogP contribution in [0.25, 0.3) is 0 Å². The smallest absolute Gasteiger partial charge is 0.230 e. The number of carbonyl (C=O) groups is 1. The zero-order chi connectivity index (χ0) is 5.28. The van der Waals surface area contributed by atoms with Crippen molar-refractivity contribution >= 4 is 5.91 Å². The van der Waals surface area contributed by atoms with Gasteiger partial charge < -0.3 is 5.32 Å². The summed E-state index contributed by atoms with van der Waals surface area (Å²) in [5.74, 6) is 0.181. The molecule has 1 heterocycles. The fourth-order valence-electron chi connectivity index (χ4n) is 0.493. The summed E-state index contributed by atoms with van der Waals surface area (Å²) in [6, 6.07) is 0. The second-order valence-electron chi connectivity index (χ2n) is 1.66. The van der Waals surface area contributed by atoms with Gasteiger partial charge in [0, 0.05) is 6.20 Å². The maximum atomic E-state index is 10.4. The van der Waals surface area contributed by atoms with E-state index in [1.165, 1.54) is 0 Å². The Labute approximate surface area is 42.2 Å². The molecule has 0 saturated carbocycles. The van der Waals surface area contributed by atoms with Crippen LogP contribution in [0.15, 0.2) is 12.3 Å². The van der Waals surface area contributed by atoms with E-state index in [0.29, 0.717) is 0 Å². The average molecular weight is 97.1 g/mol. The van der Waals surface area contributed by atoms with Gasteiger partial charge in [0.05, 0.1) is 5.92 Å². The van der Waals surface area contributed by atoms with Gasteiger partial charge in [-0.15, -0.1) is 0 Å². The van der Waals surface area contributed by atoms with Crippen LogP contribution in [0.1, 0.15) is 6.92 Å². The van der Waals surface area contributed by atoms with Crippen molar-refractivity contribution in [3.63, 3.8) is 0 Å². The quantitative estimate of drug-likeness (QED) is 0.461. The van der Waals surface area contributed by atoms with E-state index in [4.69, 9.17) is 0 Å². The lowest BCUT2D eigenvalue weighted by molar-refractivity contribution is -0.121. The third-order valence-corrected chi connectivity index (χ3v) is 1.02. The minimum atomic E-state index is 0.0833. The lowest BCUT2D eigenvalue weighted by Crippen LogP contribution is -2.15. The number of carbonyl (C=O) groups excluding carboxylic acids is 1. The maximum Gasteiger partial charge on any atom is 0.230 e. The Morgan fingerprint density at radius 1 is 1.86 bits per heavy atom. The summed E-state index contributed by atoms with van der Waals surface area (Å²) in [5, 5.41) is 2.55. The fourth-order valence-corrected chi connectivity index (χ4v) is 0.493. The van der Waals surface area contributed by atoms with Gasteiger partial charge in [0.25, 0.3) is 0 Å². The molecule has 1 aliphatic rings. The monoisotopic (exact) mass is 97.1 g/mol. The van der Waals surface area contributed by atoms with Crippen LogP contribution >= 0.6 is 0 Å². The molecule has 7 heavy (non-hydrogen) atoms. The van der Waals surface area contributed by atoms with Crippen molar-refractivity contribution in [3.05, 3.63) is 12.3 Å². The lowest BCUT2D eigenvalue weighted by Gasteiger charge is -1.90. The molecule has 1 atom stereocenters. The predicted octanol–water partition coefficient (Wildman–Crippen LogP) is 0.266. The number of rotatable bonds is 0. The maximum absolute atomic E-state index is 10.4. The van der Waals surface area contributed by atoms with Crippen LogP contribution in [0.5, 0.6) is 0 Å². The molecule has 1 amide bonds. The van der Waals surface area contributed by atoms with Gasteiger partial charge in [0.1, 0.15) is 0 Å². The summed E-state index contributed by atoms with van der Waals surface area (Å²) >= 11 is 0. The second-order valence-corrected chi connectivity index (χ2v) is 1.66. The van der Waals surface area contributed by atoms with Crippen LogP contribution in [0.4, 0.5) is 0 Å². The molecule has 0 fully saturated rings. The molecule has 0 spiro atoms. The van der Waals surface area contributed by atoms with Gasteiger partial charge in [-0.1, -0.05) is 13.0 Å². The standard InChI is InChI=1S/C5H7NO/c1-4-2-3-6-5(4)7/h2-4H,1H3,(H,6,7)/t4-/m1/s1. The van der Waals surface area contributed by atoms with E-state index >= 15 is 0 Å². The van der Waals surface area contributed by atoms with Crippen molar-refractivity contribution in [2.24, 2.45) is 5.92 Å². The molecule has 0 aromatic carbocycles. The van der Waals surface area contributed by atoms with Crippen LogP contribution in [-0.2, 0) is 4.79 Å². The van der Waals surface area contributed by atoms with Crippen molar-refractivity contribution in [2.45, 2.75) is 6.92 Å². The Morgan fingerprint density at radius 2 is 2.57 bits per heavy atom. The number of nitrogens with one attached hydrogen (secondary N) is 1. The van der Waals surface area contributed by atoms with Crippen LogP contribution in [0, 0.1) is 5.92 Å². The van der Waals surface area contributed by atoms with Gasteiger partial charge in [0.2, 0.25) is 5.91 Å². The van der Waals surface area contributed by atoms with E-state index in [1.807, 2.05) is 13.0 Å². The number of hydrogen-bond acceptors (Lipinski definition) is 1. The van der Waals surface area contributed by atoms with Gasteiger partial charge in [-0.3, -0.25) is 4.79 Å². The summed E-state index contributed by atoms with van der Waals surface area (Å²) in [7, 11) is 0. The Morgan fingerprint density at radius 3 is 2.71 bits per heavy atom. The Kier molecular flexibility index (Phi) is 0.855. The largest absolute Gasteiger partial charge is 0.332 e. The van der Waals surface area contributed by atoms with Gasteiger partial charge in [-0.05, 0) is 0 Å². The normalized spacial score (nSPS) is 28.1. The van der Waals surface area contributed by atoms with Gasteiger partial charge in [-0.25, -0.2) is 0 Å². The van der Waals surface area contributed by atoms with Crippen molar-refractivity contribution < 1.29 is 4.79 Å². The van der Waals surface area contributed by atoms with Gasteiger partial charge in [-0.2, -0.15) is 0 Å². The molecule has 1 rings (SSSR count). The molecular weight excluding hydrogens is 90.1 g/mol. The molecule has 1 N–H and O–H groups in total. The van der Waals surface area contributed by atoms with Gasteiger partial charge in [0.15, 0.2) is 0 Å². The first kappa shape index (κ1) is 4.37. The zero-order valence-electron chi connectivity index (χ0n) is 4.14. The van der Waals surface area contributed by atoms with Gasteiger partial charge >= 0.3 is 0 Å². The van der Waals surface area contributed by atoms with Crippen LogP contribution in [0.2, 0.25) is 0 Å². The average Bonchev–Trinajstić information content (AvgIpc) is 1.91. The van der Waals surface area contributed by atoms with Crippen molar-refractivity contribution in [1.29, 1.82) is 0 Å². The summed E-state index contributed by atoms with van der Waals surface area (Å²) in [4.78, 5) is 10.4. The molecular formula is C5H7NO. The van der Waals surface area contributed by atoms with E-state index in [2.05, 4.69) is 5.32 Å². The molecule has 2 nitrogen and oxygen atoms in total. The molecule has 0 radical (unpaired) electrons. The summed E-state index contributed by atoms with van der Waals surface area (Å²) in [6.07, 6.45) is 3.51. The topological polar surface area (TPSA) is 29.1 Å². The minimum absolute atomic E-state index is 0.0833. The van der Waals surface area contributed by atoms with Crippen LogP contribution in [-0.4, -0.2) is 5.91 Å². The lowest BCUT2D eigenvalue weighted by atomic mass is 10.2. The highest BCUT2D eigenvalue weighted by Crippen LogP contribution is 2.00. The van der Waals surface area contributed by atoms with Crippen LogP contribution < -0.4 is 5.32 Å². The number of amides is 1. The second kappa shape index (κ2) is 1.37. The van der Waals surface area contributed by atoms with E-state index in [9.17, 15) is 4.79 Å². The minimum Gasteiger partial charge on any atom is -0.332 e. The molecule has 0 aromatic rings. The predicted molar refractivity (Wildman–Crippen MR) is 26.4 cm³/mol. The van der Waals surface area contributed by atoms with Crippen molar-refractivity contribution in [2.75, 3.05) is 0 Å². The first-order chi connectivity index (χ1) is 3.30. The van der Waals surface area contributed by atoms with Crippen LogP contribution in [0.3, 0.4) is 0 Å². The Bertz CT molecular complexity index is 117. The molecule has 38 valence electrons. The zero-order valence-corrected chi connectivity index (χ0v) is 4.14. The molecule has 0 bridgehead atoms. The summed E-state index contributed by atoms with van der Waals surface area (Å²) in [5.41, 5.74) is 0. The highest BCUT2D eigenvalue weighted by Gasteiger charge is 2.11. The molecule has 0 aromatic heterocycles. The molecule has 0 saturated heterocycles. The third kappa shape index (κ3) is 0.633. The molecule has 2 heteroatoms. The van der Waals surface area contributed by atoms with E-state index in [0.717, 1.165) is 0 Å². The Balaban J connectivity index is 2.62. The van der Waals surface area contributed by atoms with Crippen molar-refractivity contribution in [1.82, 2.24) is 5.32 Å². The highest BCUT2D eigenvalue weighted by atomic mass is 16.1. The third-order valence-electron chi connectivity index (χ3n) is 1.02. The molecule has 0 unspecified atom stereocenters.